The van der Waals surface area contributed by atoms with Gasteiger partial charge in [-0.3, -0.25) is 14.4 Å². The highest BCUT2D eigenvalue weighted by Crippen LogP contribution is 2.31. The number of piperazine rings is 1. The third-order valence-corrected chi connectivity index (χ3v) is 8.29. The van der Waals surface area contributed by atoms with E-state index in [4.69, 9.17) is 0 Å². The number of fused-ring (bicyclic) bond motifs is 1. The molecule has 3 unspecified atom stereocenters. The Morgan fingerprint density at radius 3 is 2.21 bits per heavy atom. The van der Waals surface area contributed by atoms with Crippen LogP contribution in [-0.4, -0.2) is 121 Å². The minimum Gasteiger partial charge on any atom is -0.372 e. The van der Waals surface area contributed by atoms with E-state index in [1.807, 2.05) is 37.9 Å². The number of rotatable bonds is 8. The van der Waals surface area contributed by atoms with E-state index in [2.05, 4.69) is 29.0 Å². The maximum atomic E-state index is 13.8. The standard InChI is InChI=1S/C29H44N6O4/c1-6-32(7-2)22-10-8-21(9-11-22)27(37)30-23(18-20(3)4)28(38)34-13-12-24-26(34)25(36)19-35(24)29(39)33-16-14-31(5)15-17-33/h8-11,20,23-24,26H,6-7,12-19H2,1-5H3,(H,30,37). The Morgan fingerprint density at radius 1 is 0.974 bits per heavy atom. The fraction of sp³-hybridized carbons (Fsp3) is 0.655. The van der Waals surface area contributed by atoms with Crippen LogP contribution in [-0.2, 0) is 9.59 Å². The van der Waals surface area contributed by atoms with Crippen LogP contribution in [0.1, 0.15) is 50.9 Å². The Kier molecular flexibility index (Phi) is 9.15. The van der Waals surface area contributed by atoms with E-state index >= 15 is 0 Å². The normalized spacial score (nSPS) is 22.3. The number of benzene rings is 1. The number of hydrogen-bond acceptors (Lipinski definition) is 6. The molecule has 4 rings (SSSR count). The van der Waals surface area contributed by atoms with E-state index in [9.17, 15) is 19.2 Å². The molecule has 3 heterocycles. The average molecular weight is 541 g/mol. The number of carbonyl (C=O) groups is 4. The van der Waals surface area contributed by atoms with Crippen molar-refractivity contribution in [3.8, 4) is 0 Å². The van der Waals surface area contributed by atoms with E-state index in [-0.39, 0.29) is 42.1 Å². The summed E-state index contributed by atoms with van der Waals surface area (Å²) in [5.74, 6) is -0.487. The quantitative estimate of drug-likeness (QED) is 0.541. The zero-order valence-electron chi connectivity index (χ0n) is 24.1. The summed E-state index contributed by atoms with van der Waals surface area (Å²) in [5, 5.41) is 2.95. The lowest BCUT2D eigenvalue weighted by molar-refractivity contribution is -0.138. The van der Waals surface area contributed by atoms with Gasteiger partial charge in [0.2, 0.25) is 5.91 Å². The summed E-state index contributed by atoms with van der Waals surface area (Å²) in [6.45, 7) is 13.3. The summed E-state index contributed by atoms with van der Waals surface area (Å²) in [4.78, 5) is 62.9. The molecule has 1 aromatic rings. The van der Waals surface area contributed by atoms with Gasteiger partial charge in [0.05, 0.1) is 12.6 Å². The minimum absolute atomic E-state index is 0.0321. The molecule has 3 saturated heterocycles. The monoisotopic (exact) mass is 540 g/mol. The van der Waals surface area contributed by atoms with Crippen molar-refractivity contribution < 1.29 is 19.2 Å². The average Bonchev–Trinajstić information content (AvgIpc) is 3.50. The van der Waals surface area contributed by atoms with Gasteiger partial charge in [-0.2, -0.15) is 0 Å². The topological polar surface area (TPSA) is 96.5 Å². The van der Waals surface area contributed by atoms with Gasteiger partial charge in [0, 0.05) is 57.1 Å². The highest BCUT2D eigenvalue weighted by Gasteiger charge is 2.53. The summed E-state index contributed by atoms with van der Waals surface area (Å²) in [5.41, 5.74) is 1.54. The van der Waals surface area contributed by atoms with Crippen molar-refractivity contribution in [2.24, 2.45) is 5.92 Å². The fourth-order valence-corrected chi connectivity index (χ4v) is 6.05. The molecular formula is C29H44N6O4. The summed E-state index contributed by atoms with van der Waals surface area (Å²) in [6, 6.07) is 5.62. The Labute approximate surface area is 232 Å². The van der Waals surface area contributed by atoms with Crippen LogP contribution in [0, 0.1) is 5.92 Å². The number of amides is 4. The molecule has 1 N–H and O–H groups in total. The predicted molar refractivity (Wildman–Crippen MR) is 151 cm³/mol. The van der Waals surface area contributed by atoms with Crippen LogP contribution >= 0.6 is 0 Å². The van der Waals surface area contributed by atoms with Crippen molar-refractivity contribution in [1.29, 1.82) is 0 Å². The third-order valence-electron chi connectivity index (χ3n) is 8.29. The minimum atomic E-state index is -0.742. The molecule has 0 aromatic heterocycles. The zero-order chi connectivity index (χ0) is 28.3. The van der Waals surface area contributed by atoms with E-state index < -0.39 is 12.1 Å². The summed E-state index contributed by atoms with van der Waals surface area (Å²) in [7, 11) is 2.03. The summed E-state index contributed by atoms with van der Waals surface area (Å²) < 4.78 is 0. The number of urea groups is 1. The number of likely N-dealkylation sites (N-methyl/N-ethyl adjacent to an activating group) is 1. The molecule has 214 valence electrons. The largest absolute Gasteiger partial charge is 0.372 e. The van der Waals surface area contributed by atoms with Gasteiger partial charge < -0.3 is 29.8 Å². The van der Waals surface area contributed by atoms with Gasteiger partial charge in [0.15, 0.2) is 5.78 Å². The Balaban J connectivity index is 1.45. The van der Waals surface area contributed by atoms with Gasteiger partial charge in [0.1, 0.15) is 12.1 Å². The molecule has 1 aromatic carbocycles. The number of hydrogen-bond donors (Lipinski definition) is 1. The van der Waals surface area contributed by atoms with Gasteiger partial charge in [0.25, 0.3) is 5.91 Å². The van der Waals surface area contributed by atoms with Crippen LogP contribution in [0.4, 0.5) is 10.5 Å². The fourth-order valence-electron chi connectivity index (χ4n) is 6.05. The molecule has 0 aliphatic carbocycles. The van der Waals surface area contributed by atoms with Gasteiger partial charge in [-0.25, -0.2) is 4.79 Å². The highest BCUT2D eigenvalue weighted by molar-refractivity contribution is 6.00. The second-order valence-electron chi connectivity index (χ2n) is 11.4. The van der Waals surface area contributed by atoms with Crippen molar-refractivity contribution >= 4 is 29.3 Å². The summed E-state index contributed by atoms with van der Waals surface area (Å²) >= 11 is 0. The molecular weight excluding hydrogens is 496 g/mol. The van der Waals surface area contributed by atoms with Gasteiger partial charge in [-0.15, -0.1) is 0 Å². The lowest BCUT2D eigenvalue weighted by atomic mass is 10.0. The van der Waals surface area contributed by atoms with Gasteiger partial charge >= 0.3 is 6.03 Å². The molecule has 3 aliphatic rings. The Bertz CT molecular complexity index is 1050. The Morgan fingerprint density at radius 2 is 1.62 bits per heavy atom. The first-order valence-electron chi connectivity index (χ1n) is 14.4. The molecule has 3 atom stereocenters. The van der Waals surface area contributed by atoms with Crippen molar-refractivity contribution in [3.05, 3.63) is 29.8 Å². The highest BCUT2D eigenvalue weighted by atomic mass is 16.2. The molecule has 10 nitrogen and oxygen atoms in total. The van der Waals surface area contributed by atoms with E-state index in [0.29, 0.717) is 38.0 Å². The number of likely N-dealkylation sites (tertiary alicyclic amines) is 2. The van der Waals surface area contributed by atoms with Crippen LogP contribution in [0.5, 0.6) is 0 Å². The first-order valence-corrected chi connectivity index (χ1v) is 14.4. The number of Topliss-reactive ketones (excluding diaryl/α,β-unsaturated/α-hetero) is 1. The molecule has 0 saturated carbocycles. The lowest BCUT2D eigenvalue weighted by Gasteiger charge is -2.36. The lowest BCUT2D eigenvalue weighted by Crippen LogP contribution is -2.54. The number of ketones is 1. The maximum absolute atomic E-state index is 13.8. The molecule has 0 spiro atoms. The third kappa shape index (κ3) is 6.21. The second kappa shape index (κ2) is 12.4. The van der Waals surface area contributed by atoms with Crippen LogP contribution in [0.2, 0.25) is 0 Å². The zero-order valence-corrected chi connectivity index (χ0v) is 24.1. The molecule has 0 radical (unpaired) electrons. The first-order chi connectivity index (χ1) is 18.6. The molecule has 3 aliphatic heterocycles. The summed E-state index contributed by atoms with van der Waals surface area (Å²) in [6.07, 6.45) is 1.03. The molecule has 3 fully saturated rings. The molecule has 39 heavy (non-hydrogen) atoms. The van der Waals surface area contributed by atoms with Crippen molar-refractivity contribution in [2.45, 2.75) is 58.7 Å². The molecule has 10 heteroatoms. The van der Waals surface area contributed by atoms with Gasteiger partial charge in [-0.1, -0.05) is 13.8 Å². The predicted octanol–water partition coefficient (Wildman–Crippen LogP) is 1.90. The van der Waals surface area contributed by atoms with Crippen LogP contribution in [0.15, 0.2) is 24.3 Å². The van der Waals surface area contributed by atoms with Crippen molar-refractivity contribution in [3.63, 3.8) is 0 Å². The van der Waals surface area contributed by atoms with E-state index in [1.165, 1.54) is 0 Å². The van der Waals surface area contributed by atoms with E-state index in [1.54, 1.807) is 21.9 Å². The number of carbonyl (C=O) groups excluding carboxylic acids is 4. The molecule has 4 amide bonds. The number of anilines is 1. The van der Waals surface area contributed by atoms with Crippen LogP contribution in [0.3, 0.4) is 0 Å². The van der Waals surface area contributed by atoms with Crippen LogP contribution in [0.25, 0.3) is 0 Å². The maximum Gasteiger partial charge on any atom is 0.320 e. The van der Waals surface area contributed by atoms with Crippen molar-refractivity contribution in [1.82, 2.24) is 24.9 Å². The molecule has 0 bridgehead atoms. The first kappa shape index (κ1) is 28.9. The number of nitrogens with zero attached hydrogens (tertiary/aromatic N) is 5. The second-order valence-corrected chi connectivity index (χ2v) is 11.4. The smallest absolute Gasteiger partial charge is 0.320 e. The Hall–Kier alpha value is -3.14. The van der Waals surface area contributed by atoms with Crippen molar-refractivity contribution in [2.75, 3.05) is 64.3 Å². The number of nitrogens with one attached hydrogen (secondary N) is 1. The van der Waals surface area contributed by atoms with Crippen LogP contribution < -0.4 is 10.2 Å². The SMILES string of the molecule is CCN(CC)c1ccc(C(=O)NC(CC(C)C)C(=O)N2CCC3C2C(=O)CN3C(=O)N2CCN(C)CC2)cc1. The van der Waals surface area contributed by atoms with E-state index in [0.717, 1.165) is 31.9 Å². The van der Waals surface area contributed by atoms with Gasteiger partial charge in [-0.05, 0) is 63.9 Å².